The summed E-state index contributed by atoms with van der Waals surface area (Å²) in [5.41, 5.74) is 2.18. The molecule has 0 aliphatic heterocycles. The maximum atomic E-state index is 12.1. The Morgan fingerprint density at radius 2 is 1.81 bits per heavy atom. The molecular weight excluding hydrogens is 424 g/mol. The number of quaternary nitrogens is 1. The van der Waals surface area contributed by atoms with E-state index in [0.717, 1.165) is 18.0 Å². The van der Waals surface area contributed by atoms with Crippen LogP contribution < -0.4 is 20.1 Å². The minimum Gasteiger partial charge on any atom is -0.493 e. The van der Waals surface area contributed by atoms with E-state index in [1.54, 1.807) is 7.11 Å². The third-order valence-corrected chi connectivity index (χ3v) is 7.87. The quantitative estimate of drug-likeness (QED) is 0.627. The molecule has 0 aromatic heterocycles. The van der Waals surface area contributed by atoms with E-state index in [-0.39, 0.29) is 18.1 Å². The van der Waals surface area contributed by atoms with Gasteiger partial charge in [0.1, 0.15) is 6.54 Å². The van der Waals surface area contributed by atoms with Crippen LogP contribution in [0.2, 0.25) is 5.02 Å². The van der Waals surface area contributed by atoms with Gasteiger partial charge in [0, 0.05) is 30.4 Å². The summed E-state index contributed by atoms with van der Waals surface area (Å²) >= 11 is 6.58. The standard InChI is InChI=1S/C26H39ClN2O3/c1-23(2,3)29-21(30)13-32-22-19(27)7-17(8-20(22)31-6)12-28-26-11-18-9-24(4,15-26)14-25(5,10-18)16-26/h7-8,18,28H,9-16H2,1-6H3,(H,29,30)/p+1. The number of halogens is 1. The monoisotopic (exact) mass is 463 g/mol. The zero-order valence-electron chi connectivity index (χ0n) is 20.6. The Morgan fingerprint density at radius 1 is 1.16 bits per heavy atom. The first-order chi connectivity index (χ1) is 14.8. The highest BCUT2D eigenvalue weighted by Gasteiger charge is 2.62. The molecule has 6 heteroatoms. The summed E-state index contributed by atoms with van der Waals surface area (Å²) in [7, 11) is 1.61. The van der Waals surface area contributed by atoms with E-state index in [1.807, 2.05) is 32.9 Å². The predicted molar refractivity (Wildman–Crippen MR) is 127 cm³/mol. The molecule has 4 saturated carbocycles. The van der Waals surface area contributed by atoms with Crippen molar-refractivity contribution in [3.63, 3.8) is 0 Å². The van der Waals surface area contributed by atoms with Crippen LogP contribution in [0.15, 0.2) is 12.1 Å². The molecule has 1 amide bonds. The van der Waals surface area contributed by atoms with E-state index in [4.69, 9.17) is 21.1 Å². The van der Waals surface area contributed by atoms with E-state index in [9.17, 15) is 4.79 Å². The Morgan fingerprint density at radius 3 is 2.38 bits per heavy atom. The summed E-state index contributed by atoms with van der Waals surface area (Å²) in [5.74, 6) is 1.70. The van der Waals surface area contributed by atoms with Gasteiger partial charge in [-0.15, -0.1) is 0 Å². The molecule has 1 aromatic carbocycles. The number of hydrogen-bond donors (Lipinski definition) is 2. The van der Waals surface area contributed by atoms with Crippen LogP contribution in [0.25, 0.3) is 0 Å². The van der Waals surface area contributed by atoms with E-state index >= 15 is 0 Å². The second kappa shape index (κ2) is 8.09. The van der Waals surface area contributed by atoms with Crippen molar-refractivity contribution in [3.05, 3.63) is 22.7 Å². The van der Waals surface area contributed by atoms with Crippen LogP contribution in [0, 0.1) is 16.7 Å². The summed E-state index contributed by atoms with van der Waals surface area (Å²) < 4.78 is 11.3. The van der Waals surface area contributed by atoms with E-state index in [1.165, 1.54) is 38.5 Å². The fourth-order valence-corrected chi connectivity index (χ4v) is 8.01. The Labute approximate surface area is 198 Å². The van der Waals surface area contributed by atoms with E-state index in [0.29, 0.717) is 32.9 Å². The van der Waals surface area contributed by atoms with Gasteiger partial charge < -0.3 is 20.1 Å². The van der Waals surface area contributed by atoms with Crippen molar-refractivity contribution in [3.8, 4) is 11.5 Å². The highest BCUT2D eigenvalue weighted by molar-refractivity contribution is 6.32. The van der Waals surface area contributed by atoms with Crippen LogP contribution >= 0.6 is 11.6 Å². The molecule has 178 valence electrons. The van der Waals surface area contributed by atoms with Gasteiger partial charge in [0.15, 0.2) is 18.1 Å². The lowest BCUT2D eigenvalue weighted by Crippen LogP contribution is -2.98. The van der Waals surface area contributed by atoms with Gasteiger partial charge in [-0.25, -0.2) is 0 Å². The molecule has 0 radical (unpaired) electrons. The zero-order chi connectivity index (χ0) is 23.4. The maximum Gasteiger partial charge on any atom is 0.258 e. The molecule has 4 aliphatic rings. The smallest absolute Gasteiger partial charge is 0.258 e. The molecule has 0 heterocycles. The second-order valence-electron chi connectivity index (χ2n) is 12.6. The van der Waals surface area contributed by atoms with Gasteiger partial charge in [-0.3, -0.25) is 4.79 Å². The van der Waals surface area contributed by atoms with Crippen molar-refractivity contribution < 1.29 is 19.6 Å². The SMILES string of the molecule is COc1cc(C[NH2+]C23CC4CC(C)(CC(C)(C4)C2)C3)cc(Cl)c1OCC(=O)NC(C)(C)C. The molecule has 2 unspecified atom stereocenters. The number of nitrogens with two attached hydrogens (primary N) is 1. The average Bonchev–Trinajstić information content (AvgIpc) is 2.60. The van der Waals surface area contributed by atoms with Gasteiger partial charge in [-0.05, 0) is 68.9 Å². The van der Waals surface area contributed by atoms with Crippen LogP contribution in [-0.4, -0.2) is 30.7 Å². The number of nitrogens with one attached hydrogen (secondary N) is 1. The largest absolute Gasteiger partial charge is 0.493 e. The number of rotatable bonds is 7. The summed E-state index contributed by atoms with van der Waals surface area (Å²) in [6, 6.07) is 3.96. The van der Waals surface area contributed by atoms with Gasteiger partial charge >= 0.3 is 0 Å². The molecule has 2 atom stereocenters. The summed E-state index contributed by atoms with van der Waals surface area (Å²) in [6.45, 7) is 11.6. The maximum absolute atomic E-state index is 12.1. The van der Waals surface area contributed by atoms with Gasteiger partial charge in [0.05, 0.1) is 17.7 Å². The molecule has 1 aromatic rings. The molecule has 4 bridgehead atoms. The zero-order valence-corrected chi connectivity index (χ0v) is 21.3. The summed E-state index contributed by atoms with van der Waals surface area (Å²) in [5, 5.41) is 5.96. The molecule has 32 heavy (non-hydrogen) atoms. The van der Waals surface area contributed by atoms with Gasteiger partial charge in [0.25, 0.3) is 5.91 Å². The topological polar surface area (TPSA) is 64.2 Å². The van der Waals surface area contributed by atoms with E-state index < -0.39 is 0 Å². The first-order valence-corrected chi connectivity index (χ1v) is 12.3. The Balaban J connectivity index is 1.44. The molecule has 4 aliphatic carbocycles. The fraction of sp³-hybridized carbons (Fsp3) is 0.731. The van der Waals surface area contributed by atoms with Crippen LogP contribution in [0.4, 0.5) is 0 Å². The first-order valence-electron chi connectivity index (χ1n) is 12.0. The van der Waals surface area contributed by atoms with Crippen LogP contribution in [0.3, 0.4) is 0 Å². The number of methoxy groups -OCH3 is 1. The molecule has 3 N–H and O–H groups in total. The fourth-order valence-electron chi connectivity index (χ4n) is 7.72. The van der Waals surface area contributed by atoms with Crippen molar-refractivity contribution in [1.29, 1.82) is 0 Å². The van der Waals surface area contributed by atoms with Crippen molar-refractivity contribution in [2.45, 2.75) is 90.8 Å². The number of amides is 1. The minimum atomic E-state index is -0.306. The average molecular weight is 464 g/mol. The first kappa shape index (κ1) is 23.7. The van der Waals surface area contributed by atoms with Crippen LogP contribution in [0.5, 0.6) is 11.5 Å². The summed E-state index contributed by atoms with van der Waals surface area (Å²) in [4.78, 5) is 12.1. The second-order valence-corrected chi connectivity index (χ2v) is 13.0. The number of ether oxygens (including phenoxy) is 2. The molecule has 0 saturated heterocycles. The van der Waals surface area contributed by atoms with Crippen molar-refractivity contribution in [1.82, 2.24) is 5.32 Å². The van der Waals surface area contributed by atoms with Gasteiger partial charge in [-0.2, -0.15) is 0 Å². The lowest BCUT2D eigenvalue weighted by atomic mass is 9.43. The number of hydrogen-bond acceptors (Lipinski definition) is 3. The van der Waals surface area contributed by atoms with Gasteiger partial charge in [0.2, 0.25) is 0 Å². The molecule has 5 nitrogen and oxygen atoms in total. The van der Waals surface area contributed by atoms with Crippen molar-refractivity contribution >= 4 is 17.5 Å². The Hall–Kier alpha value is -1.46. The highest BCUT2D eigenvalue weighted by Crippen LogP contribution is 2.65. The van der Waals surface area contributed by atoms with Crippen molar-refractivity contribution in [2.24, 2.45) is 16.7 Å². The number of carbonyl (C=O) groups is 1. The van der Waals surface area contributed by atoms with Crippen LogP contribution in [0.1, 0.15) is 78.7 Å². The van der Waals surface area contributed by atoms with Crippen LogP contribution in [-0.2, 0) is 11.3 Å². The normalized spacial score (nSPS) is 33.3. The molecular formula is C26H40ClN2O3+. The lowest BCUT2D eigenvalue weighted by Gasteiger charge is -2.63. The lowest BCUT2D eigenvalue weighted by molar-refractivity contribution is -0.755. The minimum absolute atomic E-state index is 0.0967. The number of carbonyl (C=O) groups excluding carboxylic acids is 1. The van der Waals surface area contributed by atoms with Gasteiger partial charge in [-0.1, -0.05) is 25.4 Å². The molecule has 5 rings (SSSR count). The number of benzene rings is 1. The predicted octanol–water partition coefficient (Wildman–Crippen LogP) is 4.45. The highest BCUT2D eigenvalue weighted by atomic mass is 35.5. The third kappa shape index (κ3) is 5.04. The van der Waals surface area contributed by atoms with Crippen molar-refractivity contribution in [2.75, 3.05) is 13.7 Å². The Kier molecular flexibility index (Phi) is 5.99. The summed E-state index contributed by atoms with van der Waals surface area (Å²) in [6.07, 6.45) is 8.19. The molecule has 4 fully saturated rings. The third-order valence-electron chi connectivity index (χ3n) is 7.59. The molecule has 0 spiro atoms. The Bertz CT molecular complexity index is 876. The van der Waals surface area contributed by atoms with E-state index in [2.05, 4.69) is 24.5 Å².